The Balaban J connectivity index is 1.30. The molecular formula is C19H23N3O3. The van der Waals surface area contributed by atoms with Crippen LogP contribution in [0, 0.1) is 0 Å². The van der Waals surface area contributed by atoms with Gasteiger partial charge in [0.15, 0.2) is 0 Å². The molecule has 0 aliphatic carbocycles. The molecule has 0 radical (unpaired) electrons. The van der Waals surface area contributed by atoms with E-state index >= 15 is 0 Å². The summed E-state index contributed by atoms with van der Waals surface area (Å²) in [6.45, 7) is 2.34. The van der Waals surface area contributed by atoms with Gasteiger partial charge in [-0.25, -0.2) is 0 Å². The fourth-order valence-corrected chi connectivity index (χ4v) is 3.83. The second kappa shape index (κ2) is 7.37. The molecular weight excluding hydrogens is 318 g/mol. The number of aromatic nitrogens is 1. The third-order valence-corrected chi connectivity index (χ3v) is 5.11. The zero-order valence-electron chi connectivity index (χ0n) is 14.1. The molecule has 25 heavy (non-hydrogen) atoms. The first-order valence-electron chi connectivity index (χ1n) is 8.88. The largest absolute Gasteiger partial charge is 0.467 e. The molecule has 0 bridgehead atoms. The van der Waals surface area contributed by atoms with Crippen LogP contribution in [0.1, 0.15) is 30.6 Å². The summed E-state index contributed by atoms with van der Waals surface area (Å²) in [5.74, 6) is 0.717. The Labute approximate surface area is 147 Å². The molecule has 3 atom stereocenters. The Morgan fingerprint density at radius 3 is 2.92 bits per heavy atom. The van der Waals surface area contributed by atoms with Crippen molar-refractivity contribution in [3.8, 4) is 0 Å². The summed E-state index contributed by atoms with van der Waals surface area (Å²) in [6, 6.07) is 8.19. The van der Waals surface area contributed by atoms with E-state index < -0.39 is 0 Å². The minimum absolute atomic E-state index is 0.0394. The van der Waals surface area contributed by atoms with Crippen LogP contribution in [0.15, 0.2) is 47.3 Å². The molecule has 1 N–H and O–H groups in total. The fraction of sp³-hybridized carbons (Fsp3) is 0.474. The van der Waals surface area contributed by atoms with E-state index in [0.29, 0.717) is 12.6 Å². The van der Waals surface area contributed by atoms with Gasteiger partial charge in [-0.15, -0.1) is 0 Å². The van der Waals surface area contributed by atoms with E-state index in [0.717, 1.165) is 38.1 Å². The van der Waals surface area contributed by atoms with Crippen LogP contribution in [-0.4, -0.2) is 40.6 Å². The topological polar surface area (TPSA) is 67.6 Å². The van der Waals surface area contributed by atoms with Crippen molar-refractivity contribution in [3.05, 3.63) is 54.2 Å². The van der Waals surface area contributed by atoms with Crippen LogP contribution in [0.2, 0.25) is 0 Å². The standard InChI is InChI=1S/C19H23N3O3/c23-19(21-12-15-2-1-11-24-15)18-4-3-16-17(25-18)7-10-22(16)13-14-5-8-20-9-6-14/h1-2,5-6,8-9,11,16-18H,3-4,7,10,12-13H2,(H,21,23)/t16-,17-,18+/m1/s1. The van der Waals surface area contributed by atoms with E-state index in [1.807, 2.05) is 24.5 Å². The molecule has 2 aliphatic heterocycles. The number of ether oxygens (including phenoxy) is 1. The summed E-state index contributed by atoms with van der Waals surface area (Å²) < 4.78 is 11.4. The van der Waals surface area contributed by atoms with Gasteiger partial charge in [0.1, 0.15) is 11.9 Å². The first-order valence-corrected chi connectivity index (χ1v) is 8.88. The highest BCUT2D eigenvalue weighted by molar-refractivity contribution is 5.80. The third kappa shape index (κ3) is 3.75. The molecule has 132 valence electrons. The van der Waals surface area contributed by atoms with Crippen molar-refractivity contribution >= 4 is 5.91 Å². The van der Waals surface area contributed by atoms with Gasteiger partial charge in [-0.2, -0.15) is 0 Å². The van der Waals surface area contributed by atoms with E-state index in [1.54, 1.807) is 6.26 Å². The second-order valence-electron chi connectivity index (χ2n) is 6.72. The van der Waals surface area contributed by atoms with Gasteiger partial charge < -0.3 is 14.5 Å². The Bertz CT molecular complexity index is 689. The molecule has 0 saturated carbocycles. The highest BCUT2D eigenvalue weighted by Gasteiger charge is 2.41. The lowest BCUT2D eigenvalue weighted by Crippen LogP contribution is -2.47. The molecule has 0 aromatic carbocycles. The predicted octanol–water partition coefficient (Wildman–Crippen LogP) is 2.11. The summed E-state index contributed by atoms with van der Waals surface area (Å²) >= 11 is 0. The monoisotopic (exact) mass is 341 g/mol. The number of carbonyl (C=O) groups excluding carboxylic acids is 1. The number of pyridine rings is 1. The van der Waals surface area contributed by atoms with Gasteiger partial charge >= 0.3 is 0 Å². The second-order valence-corrected chi connectivity index (χ2v) is 6.72. The van der Waals surface area contributed by atoms with Crippen LogP contribution in [0.4, 0.5) is 0 Å². The molecule has 4 heterocycles. The van der Waals surface area contributed by atoms with Crippen molar-refractivity contribution < 1.29 is 13.9 Å². The average Bonchev–Trinajstić information content (AvgIpc) is 3.30. The van der Waals surface area contributed by atoms with E-state index in [9.17, 15) is 4.79 Å². The zero-order chi connectivity index (χ0) is 17.1. The molecule has 2 aliphatic rings. The fourth-order valence-electron chi connectivity index (χ4n) is 3.83. The van der Waals surface area contributed by atoms with Crippen LogP contribution in [0.3, 0.4) is 0 Å². The summed E-state index contributed by atoms with van der Waals surface area (Å²) in [5.41, 5.74) is 1.27. The number of hydrogen-bond donors (Lipinski definition) is 1. The van der Waals surface area contributed by atoms with E-state index in [2.05, 4.69) is 27.3 Å². The van der Waals surface area contributed by atoms with Crippen LogP contribution in [0.5, 0.6) is 0 Å². The van der Waals surface area contributed by atoms with Gasteiger partial charge in [0.05, 0.1) is 18.9 Å². The maximum absolute atomic E-state index is 12.4. The highest BCUT2D eigenvalue weighted by Crippen LogP contribution is 2.32. The number of nitrogens with one attached hydrogen (secondary N) is 1. The number of furan rings is 1. The maximum atomic E-state index is 12.4. The molecule has 1 amide bonds. The van der Waals surface area contributed by atoms with Crippen molar-refractivity contribution in [3.63, 3.8) is 0 Å². The number of hydrogen-bond acceptors (Lipinski definition) is 5. The van der Waals surface area contributed by atoms with Gasteiger partial charge in [-0.3, -0.25) is 14.7 Å². The van der Waals surface area contributed by atoms with Crippen molar-refractivity contribution in [2.75, 3.05) is 6.54 Å². The molecule has 4 rings (SSSR count). The molecule has 0 spiro atoms. The van der Waals surface area contributed by atoms with E-state index in [4.69, 9.17) is 9.15 Å². The SMILES string of the molecule is O=C(NCc1ccco1)[C@@H]1CC[C@@H]2[C@@H](CCN2Cc2ccncc2)O1. The first-order chi connectivity index (χ1) is 12.3. The lowest BCUT2D eigenvalue weighted by Gasteiger charge is -2.35. The summed E-state index contributed by atoms with van der Waals surface area (Å²) in [7, 11) is 0. The normalized spacial score (nSPS) is 26.3. The summed E-state index contributed by atoms with van der Waals surface area (Å²) in [5, 5.41) is 2.91. The van der Waals surface area contributed by atoms with Gasteiger partial charge in [-0.1, -0.05) is 0 Å². The molecule has 2 aromatic rings. The van der Waals surface area contributed by atoms with Crippen LogP contribution in [-0.2, 0) is 22.6 Å². The van der Waals surface area contributed by atoms with Crippen LogP contribution >= 0.6 is 0 Å². The highest BCUT2D eigenvalue weighted by atomic mass is 16.5. The van der Waals surface area contributed by atoms with Gasteiger partial charge in [0, 0.05) is 31.5 Å². The van der Waals surface area contributed by atoms with E-state index in [1.165, 1.54) is 5.56 Å². The van der Waals surface area contributed by atoms with Crippen molar-refractivity contribution in [2.45, 2.75) is 50.6 Å². The number of nitrogens with zero attached hydrogens (tertiary/aromatic N) is 2. The Morgan fingerprint density at radius 1 is 1.24 bits per heavy atom. The van der Waals surface area contributed by atoms with Crippen molar-refractivity contribution in [1.82, 2.24) is 15.2 Å². The quantitative estimate of drug-likeness (QED) is 0.902. The lowest BCUT2D eigenvalue weighted by molar-refractivity contribution is -0.144. The van der Waals surface area contributed by atoms with Crippen LogP contribution in [0.25, 0.3) is 0 Å². The Morgan fingerprint density at radius 2 is 2.12 bits per heavy atom. The van der Waals surface area contributed by atoms with Gasteiger partial charge in [-0.05, 0) is 49.1 Å². The van der Waals surface area contributed by atoms with Gasteiger partial charge in [0.25, 0.3) is 0 Å². The molecule has 0 unspecified atom stereocenters. The number of likely N-dealkylation sites (tertiary alicyclic amines) is 1. The maximum Gasteiger partial charge on any atom is 0.249 e. The smallest absolute Gasteiger partial charge is 0.249 e. The van der Waals surface area contributed by atoms with Crippen molar-refractivity contribution in [2.24, 2.45) is 0 Å². The third-order valence-electron chi connectivity index (χ3n) is 5.11. The number of amides is 1. The minimum Gasteiger partial charge on any atom is -0.467 e. The van der Waals surface area contributed by atoms with Crippen molar-refractivity contribution in [1.29, 1.82) is 0 Å². The van der Waals surface area contributed by atoms with E-state index in [-0.39, 0.29) is 18.1 Å². The average molecular weight is 341 g/mol. The zero-order valence-corrected chi connectivity index (χ0v) is 14.1. The number of carbonyl (C=O) groups is 1. The van der Waals surface area contributed by atoms with Gasteiger partial charge in [0.2, 0.25) is 5.91 Å². The molecule has 2 aromatic heterocycles. The Hall–Kier alpha value is -2.18. The summed E-state index contributed by atoms with van der Waals surface area (Å²) in [4.78, 5) is 18.9. The molecule has 2 fully saturated rings. The number of rotatable bonds is 5. The minimum atomic E-state index is -0.350. The predicted molar refractivity (Wildman–Crippen MR) is 91.5 cm³/mol. The Kier molecular flexibility index (Phi) is 4.81. The summed E-state index contributed by atoms with van der Waals surface area (Å²) in [6.07, 6.45) is 7.81. The molecule has 6 heteroatoms. The molecule has 6 nitrogen and oxygen atoms in total. The van der Waals surface area contributed by atoms with Crippen LogP contribution < -0.4 is 5.32 Å². The molecule has 2 saturated heterocycles. The first kappa shape index (κ1) is 16.3. The lowest BCUT2D eigenvalue weighted by atomic mass is 9.98. The number of fused-ring (bicyclic) bond motifs is 1.